The highest BCUT2D eigenvalue weighted by atomic mass is 35.5. The number of ether oxygens (including phenoxy) is 1. The molecule has 21 heavy (non-hydrogen) atoms. The Balaban J connectivity index is 1.81. The van der Waals surface area contributed by atoms with Gasteiger partial charge < -0.3 is 10.1 Å². The summed E-state index contributed by atoms with van der Waals surface area (Å²) < 4.78 is 6.09. The zero-order valence-electron chi connectivity index (χ0n) is 12.7. The molecular formula is C18H20ClNO. The van der Waals surface area contributed by atoms with E-state index in [-0.39, 0.29) is 5.60 Å². The van der Waals surface area contributed by atoms with E-state index in [2.05, 4.69) is 50.4 Å². The number of hydrogen-bond donors (Lipinski definition) is 1. The first-order chi connectivity index (χ1) is 9.94. The van der Waals surface area contributed by atoms with Crippen molar-refractivity contribution in [3.8, 4) is 5.75 Å². The summed E-state index contributed by atoms with van der Waals surface area (Å²) in [6, 6.07) is 12.4. The summed E-state index contributed by atoms with van der Waals surface area (Å²) in [7, 11) is 0. The summed E-state index contributed by atoms with van der Waals surface area (Å²) in [5, 5.41) is 4.16. The first-order valence-corrected chi connectivity index (χ1v) is 7.62. The molecule has 3 rings (SSSR count). The zero-order valence-corrected chi connectivity index (χ0v) is 13.4. The van der Waals surface area contributed by atoms with Crippen LogP contribution in [0.25, 0.3) is 0 Å². The number of aryl methyl sites for hydroxylation is 1. The van der Waals surface area contributed by atoms with Crippen LogP contribution < -0.4 is 10.1 Å². The van der Waals surface area contributed by atoms with Gasteiger partial charge in [0, 0.05) is 18.5 Å². The maximum Gasteiger partial charge on any atom is 0.128 e. The molecule has 1 heterocycles. The fourth-order valence-electron chi connectivity index (χ4n) is 2.78. The van der Waals surface area contributed by atoms with Gasteiger partial charge in [0.2, 0.25) is 0 Å². The molecule has 0 aromatic heterocycles. The second-order valence-electron chi connectivity index (χ2n) is 6.28. The molecule has 0 saturated heterocycles. The zero-order chi connectivity index (χ0) is 15.0. The van der Waals surface area contributed by atoms with Crippen molar-refractivity contribution >= 4 is 17.3 Å². The minimum atomic E-state index is -0.112. The summed E-state index contributed by atoms with van der Waals surface area (Å²) >= 11 is 6.23. The quantitative estimate of drug-likeness (QED) is 0.864. The van der Waals surface area contributed by atoms with Gasteiger partial charge in [0.1, 0.15) is 11.4 Å². The lowest BCUT2D eigenvalue weighted by Crippen LogP contribution is -2.25. The van der Waals surface area contributed by atoms with Crippen molar-refractivity contribution in [2.24, 2.45) is 0 Å². The monoisotopic (exact) mass is 301 g/mol. The van der Waals surface area contributed by atoms with Crippen molar-refractivity contribution in [3.05, 3.63) is 58.1 Å². The third kappa shape index (κ3) is 3.01. The van der Waals surface area contributed by atoms with Gasteiger partial charge in [-0.2, -0.15) is 0 Å². The highest BCUT2D eigenvalue weighted by Gasteiger charge is 2.31. The highest BCUT2D eigenvalue weighted by Crippen LogP contribution is 2.38. The van der Waals surface area contributed by atoms with Crippen LogP contribution in [0.4, 0.5) is 5.69 Å². The van der Waals surface area contributed by atoms with E-state index in [1.54, 1.807) is 0 Å². The van der Waals surface area contributed by atoms with Crippen molar-refractivity contribution < 1.29 is 4.74 Å². The van der Waals surface area contributed by atoms with Gasteiger partial charge in [0.25, 0.3) is 0 Å². The van der Waals surface area contributed by atoms with E-state index in [9.17, 15) is 0 Å². The molecule has 0 radical (unpaired) electrons. The fourth-order valence-corrected chi connectivity index (χ4v) is 2.97. The number of halogens is 1. The molecule has 0 atom stereocenters. The number of benzene rings is 2. The molecule has 110 valence electrons. The Morgan fingerprint density at radius 3 is 2.86 bits per heavy atom. The van der Waals surface area contributed by atoms with E-state index >= 15 is 0 Å². The van der Waals surface area contributed by atoms with Gasteiger partial charge in [-0.25, -0.2) is 0 Å². The fraction of sp³-hybridized carbons (Fsp3) is 0.333. The maximum absolute atomic E-state index is 6.23. The van der Waals surface area contributed by atoms with Gasteiger partial charge in [-0.1, -0.05) is 35.9 Å². The van der Waals surface area contributed by atoms with E-state index in [0.717, 1.165) is 22.9 Å². The van der Waals surface area contributed by atoms with Gasteiger partial charge in [-0.15, -0.1) is 0 Å². The first kappa shape index (κ1) is 14.3. The van der Waals surface area contributed by atoms with Crippen molar-refractivity contribution in [3.63, 3.8) is 0 Å². The molecule has 2 aromatic carbocycles. The van der Waals surface area contributed by atoms with E-state index in [1.165, 1.54) is 16.7 Å². The summed E-state index contributed by atoms with van der Waals surface area (Å²) in [6.07, 6.45) is 0.960. The van der Waals surface area contributed by atoms with Gasteiger partial charge >= 0.3 is 0 Å². The standard InChI is InChI=1S/C18H20ClNO/c1-12-7-8-15(19)16(9-12)20-11-14-6-4-5-13-10-18(2,3)21-17(13)14/h4-9,20H,10-11H2,1-3H3. The molecular weight excluding hydrogens is 282 g/mol. The second-order valence-corrected chi connectivity index (χ2v) is 6.69. The molecule has 0 amide bonds. The van der Waals surface area contributed by atoms with E-state index in [0.29, 0.717) is 6.54 Å². The van der Waals surface area contributed by atoms with Crippen molar-refractivity contribution in [1.82, 2.24) is 0 Å². The maximum atomic E-state index is 6.23. The molecule has 1 aliphatic rings. The highest BCUT2D eigenvalue weighted by molar-refractivity contribution is 6.33. The Morgan fingerprint density at radius 1 is 1.24 bits per heavy atom. The third-order valence-corrected chi connectivity index (χ3v) is 4.09. The Kier molecular flexibility index (Phi) is 3.58. The van der Waals surface area contributed by atoms with Crippen LogP contribution in [0.15, 0.2) is 36.4 Å². The molecule has 3 heteroatoms. The Labute approximate surface area is 131 Å². The van der Waals surface area contributed by atoms with Crippen LogP contribution in [0, 0.1) is 6.92 Å². The Hall–Kier alpha value is -1.67. The van der Waals surface area contributed by atoms with Gasteiger partial charge in [0.15, 0.2) is 0 Å². The Morgan fingerprint density at radius 2 is 2.05 bits per heavy atom. The van der Waals surface area contributed by atoms with Crippen LogP contribution in [0.1, 0.15) is 30.5 Å². The summed E-state index contributed by atoms with van der Waals surface area (Å²) in [5.74, 6) is 1.03. The summed E-state index contributed by atoms with van der Waals surface area (Å²) in [4.78, 5) is 0. The topological polar surface area (TPSA) is 21.3 Å². The minimum Gasteiger partial charge on any atom is -0.487 e. The third-order valence-electron chi connectivity index (χ3n) is 3.76. The molecule has 2 aromatic rings. The Bertz CT molecular complexity index is 679. The summed E-state index contributed by atoms with van der Waals surface area (Å²) in [5.41, 5.74) is 4.51. The van der Waals surface area contributed by atoms with Crippen LogP contribution in [0.2, 0.25) is 5.02 Å². The van der Waals surface area contributed by atoms with Crippen LogP contribution in [-0.4, -0.2) is 5.60 Å². The summed E-state index contributed by atoms with van der Waals surface area (Å²) in [6.45, 7) is 7.03. The largest absolute Gasteiger partial charge is 0.487 e. The number of fused-ring (bicyclic) bond motifs is 1. The van der Waals surface area contributed by atoms with Crippen LogP contribution in [0.3, 0.4) is 0 Å². The molecule has 1 N–H and O–H groups in total. The lowest BCUT2D eigenvalue weighted by atomic mass is 10.0. The minimum absolute atomic E-state index is 0.112. The predicted octanol–water partition coefficient (Wildman–Crippen LogP) is 4.97. The van der Waals surface area contributed by atoms with E-state index < -0.39 is 0 Å². The smallest absolute Gasteiger partial charge is 0.128 e. The molecule has 0 spiro atoms. The number of para-hydroxylation sites is 1. The lowest BCUT2D eigenvalue weighted by Gasteiger charge is -2.18. The average molecular weight is 302 g/mol. The predicted molar refractivity (Wildman–Crippen MR) is 88.4 cm³/mol. The van der Waals surface area contributed by atoms with E-state index in [1.807, 2.05) is 12.1 Å². The average Bonchev–Trinajstić information content (AvgIpc) is 2.74. The SMILES string of the molecule is Cc1ccc(Cl)c(NCc2cccc3c2OC(C)(C)C3)c1. The van der Waals surface area contributed by atoms with Crippen molar-refractivity contribution in [1.29, 1.82) is 0 Å². The van der Waals surface area contributed by atoms with Crippen LogP contribution in [0.5, 0.6) is 5.75 Å². The van der Waals surface area contributed by atoms with Crippen LogP contribution >= 0.6 is 11.6 Å². The molecule has 0 bridgehead atoms. The number of hydrogen-bond acceptors (Lipinski definition) is 2. The van der Waals surface area contributed by atoms with Crippen molar-refractivity contribution in [2.45, 2.75) is 39.3 Å². The second kappa shape index (κ2) is 5.27. The normalized spacial score (nSPS) is 15.4. The number of anilines is 1. The molecule has 0 saturated carbocycles. The molecule has 0 fully saturated rings. The molecule has 0 aliphatic carbocycles. The van der Waals surface area contributed by atoms with Crippen LogP contribution in [-0.2, 0) is 13.0 Å². The molecule has 2 nitrogen and oxygen atoms in total. The molecule has 1 aliphatic heterocycles. The van der Waals surface area contributed by atoms with Gasteiger partial charge in [-0.05, 0) is 44.0 Å². The van der Waals surface area contributed by atoms with Gasteiger partial charge in [0.05, 0.1) is 10.7 Å². The first-order valence-electron chi connectivity index (χ1n) is 7.24. The van der Waals surface area contributed by atoms with Gasteiger partial charge in [-0.3, -0.25) is 0 Å². The van der Waals surface area contributed by atoms with E-state index in [4.69, 9.17) is 16.3 Å². The number of rotatable bonds is 3. The number of nitrogens with one attached hydrogen (secondary N) is 1. The lowest BCUT2D eigenvalue weighted by molar-refractivity contribution is 0.137. The van der Waals surface area contributed by atoms with Crippen molar-refractivity contribution in [2.75, 3.05) is 5.32 Å². The molecule has 0 unspecified atom stereocenters.